The molecule has 0 bridgehead atoms. The Hall–Kier alpha value is -4.75. The Morgan fingerprint density at radius 3 is 2.60 bits per heavy atom. The van der Waals surface area contributed by atoms with Crippen LogP contribution in [-0.4, -0.2) is 46.0 Å². The molecule has 0 amide bonds. The first-order chi connectivity index (χ1) is 17.1. The summed E-state index contributed by atoms with van der Waals surface area (Å²) in [6.45, 7) is 2.51. The summed E-state index contributed by atoms with van der Waals surface area (Å²) < 4.78 is 13.2. The largest absolute Gasteiger partial charge is 0.457 e. The van der Waals surface area contributed by atoms with Crippen LogP contribution >= 0.6 is 0 Å². The van der Waals surface area contributed by atoms with E-state index in [1.807, 2.05) is 34.9 Å². The molecule has 2 aromatic heterocycles. The van der Waals surface area contributed by atoms with E-state index in [0.717, 1.165) is 5.69 Å². The molecule has 0 unspecified atom stereocenters. The minimum absolute atomic E-state index is 0.0275. The Morgan fingerprint density at radius 1 is 1.06 bits per heavy atom. The number of non-ortho nitro benzene ring substituents is 1. The molecule has 1 aliphatic rings. The van der Waals surface area contributed by atoms with E-state index in [4.69, 9.17) is 9.15 Å². The molecule has 0 saturated carbocycles. The van der Waals surface area contributed by atoms with Gasteiger partial charge in [0.25, 0.3) is 5.69 Å². The number of furan rings is 1. The highest BCUT2D eigenvalue weighted by molar-refractivity contribution is 5.87. The minimum atomic E-state index is -0.455. The van der Waals surface area contributed by atoms with Crippen molar-refractivity contribution in [1.29, 1.82) is 5.26 Å². The fourth-order valence-electron chi connectivity index (χ4n) is 3.88. The van der Waals surface area contributed by atoms with E-state index in [1.165, 1.54) is 12.1 Å². The number of nitrogens with zero attached hydrogens (tertiary/aromatic N) is 6. The number of benzene rings is 2. The van der Waals surface area contributed by atoms with Crippen LogP contribution < -0.4 is 4.90 Å². The molecule has 1 fully saturated rings. The molecular formula is C25H20N6O4. The number of rotatable bonds is 6. The number of ether oxygens (including phenoxy) is 1. The van der Waals surface area contributed by atoms with E-state index < -0.39 is 4.92 Å². The molecule has 5 rings (SSSR count). The Labute approximate surface area is 200 Å². The third kappa shape index (κ3) is 4.53. The summed E-state index contributed by atoms with van der Waals surface area (Å²) in [5, 5.41) is 29.9. The molecule has 0 aliphatic carbocycles. The van der Waals surface area contributed by atoms with Gasteiger partial charge in [0.1, 0.15) is 23.2 Å². The second kappa shape index (κ2) is 9.62. The molecule has 3 heterocycles. The third-order valence-corrected chi connectivity index (χ3v) is 5.57. The van der Waals surface area contributed by atoms with Crippen molar-refractivity contribution in [3.63, 3.8) is 0 Å². The molecule has 2 aromatic carbocycles. The number of hydrogen-bond acceptors (Lipinski definition) is 8. The van der Waals surface area contributed by atoms with Gasteiger partial charge in [-0.05, 0) is 24.3 Å². The van der Waals surface area contributed by atoms with Crippen LogP contribution in [0.1, 0.15) is 11.6 Å². The van der Waals surface area contributed by atoms with E-state index in [-0.39, 0.29) is 11.3 Å². The van der Waals surface area contributed by atoms with Gasteiger partial charge >= 0.3 is 0 Å². The maximum atomic E-state index is 11.1. The van der Waals surface area contributed by atoms with Crippen LogP contribution in [0.5, 0.6) is 0 Å². The Kier molecular flexibility index (Phi) is 6.07. The SMILES string of the molecule is N#C/C(=C\c1ccc(-c2cccc([N+](=O)[O-])c2)o1)c1nnc(N2CCOCC2)n1-c1ccccc1. The lowest BCUT2D eigenvalue weighted by Gasteiger charge is -2.28. The zero-order valence-electron chi connectivity index (χ0n) is 18.6. The van der Waals surface area contributed by atoms with Crippen molar-refractivity contribution in [3.8, 4) is 23.1 Å². The fraction of sp³-hybridized carbons (Fsp3) is 0.160. The lowest BCUT2D eigenvalue weighted by molar-refractivity contribution is -0.384. The van der Waals surface area contributed by atoms with Crippen LogP contribution in [-0.2, 0) is 4.74 Å². The van der Waals surface area contributed by atoms with Gasteiger partial charge in [-0.1, -0.05) is 30.3 Å². The highest BCUT2D eigenvalue weighted by Crippen LogP contribution is 2.29. The summed E-state index contributed by atoms with van der Waals surface area (Å²) in [5.74, 6) is 1.88. The van der Waals surface area contributed by atoms with E-state index in [9.17, 15) is 15.4 Å². The van der Waals surface area contributed by atoms with Gasteiger partial charge < -0.3 is 14.1 Å². The van der Waals surface area contributed by atoms with Crippen LogP contribution in [0.4, 0.5) is 11.6 Å². The van der Waals surface area contributed by atoms with Gasteiger partial charge in [0.2, 0.25) is 5.95 Å². The van der Waals surface area contributed by atoms with Crippen LogP contribution in [0, 0.1) is 21.4 Å². The molecule has 1 aliphatic heterocycles. The number of nitro groups is 1. The first-order valence-corrected chi connectivity index (χ1v) is 10.9. The molecule has 10 nitrogen and oxygen atoms in total. The summed E-state index contributed by atoms with van der Waals surface area (Å²) in [7, 11) is 0. The van der Waals surface area contributed by atoms with Crippen molar-refractivity contribution in [2.24, 2.45) is 0 Å². The minimum Gasteiger partial charge on any atom is -0.457 e. The van der Waals surface area contributed by atoms with Crippen LogP contribution in [0.15, 0.2) is 71.1 Å². The summed E-state index contributed by atoms with van der Waals surface area (Å²) in [6.07, 6.45) is 1.59. The standard InChI is InChI=1S/C25H20N6O4/c26-17-19(16-22-9-10-23(35-22)18-5-4-8-21(15-18)31(32)33)24-27-28-25(29-11-13-34-14-12-29)30(24)20-6-2-1-3-7-20/h1-10,15-16H,11-14H2/b19-16+. The molecule has 174 valence electrons. The number of nitro benzene ring substituents is 1. The molecule has 0 atom stereocenters. The number of hydrogen-bond donors (Lipinski definition) is 0. The Morgan fingerprint density at radius 2 is 1.86 bits per heavy atom. The normalized spacial score (nSPS) is 14.0. The number of anilines is 1. The van der Waals surface area contributed by atoms with E-state index in [2.05, 4.69) is 21.2 Å². The maximum Gasteiger partial charge on any atom is 0.270 e. The average molecular weight is 468 g/mol. The predicted octanol–water partition coefficient (Wildman–Crippen LogP) is 4.34. The summed E-state index contributed by atoms with van der Waals surface area (Å²) >= 11 is 0. The predicted molar refractivity (Wildman–Crippen MR) is 129 cm³/mol. The van der Waals surface area contributed by atoms with E-state index in [1.54, 1.807) is 30.3 Å². The molecule has 0 N–H and O–H groups in total. The number of para-hydroxylation sites is 1. The number of aromatic nitrogens is 3. The number of morpholine rings is 1. The second-order valence-corrected chi connectivity index (χ2v) is 7.77. The molecule has 10 heteroatoms. The summed E-state index contributed by atoms with van der Waals surface area (Å²) in [5.41, 5.74) is 1.63. The Bertz CT molecular complexity index is 1430. The fourth-order valence-corrected chi connectivity index (χ4v) is 3.88. The van der Waals surface area contributed by atoms with Crippen LogP contribution in [0.25, 0.3) is 28.7 Å². The topological polar surface area (TPSA) is 123 Å². The molecule has 1 saturated heterocycles. The number of nitriles is 1. The highest BCUT2D eigenvalue weighted by Gasteiger charge is 2.23. The molecule has 4 aromatic rings. The monoisotopic (exact) mass is 468 g/mol. The van der Waals surface area contributed by atoms with Gasteiger partial charge in [0, 0.05) is 36.9 Å². The number of allylic oxidation sites excluding steroid dienone is 1. The van der Waals surface area contributed by atoms with Crippen LogP contribution in [0.2, 0.25) is 0 Å². The maximum absolute atomic E-state index is 11.1. The lowest BCUT2D eigenvalue weighted by Crippen LogP contribution is -2.38. The van der Waals surface area contributed by atoms with Gasteiger partial charge in [-0.3, -0.25) is 14.7 Å². The summed E-state index contributed by atoms with van der Waals surface area (Å²) in [4.78, 5) is 12.7. The zero-order valence-corrected chi connectivity index (χ0v) is 18.6. The first-order valence-electron chi connectivity index (χ1n) is 10.9. The molecule has 35 heavy (non-hydrogen) atoms. The van der Waals surface area contributed by atoms with Gasteiger partial charge in [-0.2, -0.15) is 5.26 Å². The van der Waals surface area contributed by atoms with Gasteiger partial charge in [-0.25, -0.2) is 0 Å². The third-order valence-electron chi connectivity index (χ3n) is 5.57. The quantitative estimate of drug-likeness (QED) is 0.233. The van der Waals surface area contributed by atoms with Crippen molar-refractivity contribution in [2.45, 2.75) is 0 Å². The van der Waals surface area contributed by atoms with E-state index in [0.29, 0.717) is 55.2 Å². The molecule has 0 spiro atoms. The summed E-state index contributed by atoms with van der Waals surface area (Å²) in [6, 6.07) is 21.4. The van der Waals surface area contributed by atoms with Crippen molar-refractivity contribution in [2.75, 3.05) is 31.2 Å². The van der Waals surface area contributed by atoms with E-state index >= 15 is 0 Å². The highest BCUT2D eigenvalue weighted by atomic mass is 16.6. The van der Waals surface area contributed by atoms with Crippen molar-refractivity contribution < 1.29 is 14.1 Å². The zero-order chi connectivity index (χ0) is 24.2. The molecular weight excluding hydrogens is 448 g/mol. The van der Waals surface area contributed by atoms with Crippen molar-refractivity contribution in [1.82, 2.24) is 14.8 Å². The smallest absolute Gasteiger partial charge is 0.270 e. The van der Waals surface area contributed by atoms with Crippen LogP contribution in [0.3, 0.4) is 0 Å². The lowest BCUT2D eigenvalue weighted by atomic mass is 10.1. The second-order valence-electron chi connectivity index (χ2n) is 7.77. The first kappa shape index (κ1) is 22.1. The molecule has 0 radical (unpaired) electrons. The van der Waals surface area contributed by atoms with Crippen molar-refractivity contribution in [3.05, 3.63) is 88.4 Å². The van der Waals surface area contributed by atoms with Crippen molar-refractivity contribution >= 4 is 23.3 Å². The van der Waals surface area contributed by atoms with Gasteiger partial charge in [0.05, 0.1) is 23.8 Å². The van der Waals surface area contributed by atoms with Gasteiger partial charge in [-0.15, -0.1) is 10.2 Å². The average Bonchev–Trinajstić information content (AvgIpc) is 3.56. The van der Waals surface area contributed by atoms with Gasteiger partial charge in [0.15, 0.2) is 5.82 Å². The Balaban J connectivity index is 1.54.